The third kappa shape index (κ3) is 1.81. The first-order valence-corrected chi connectivity index (χ1v) is 4.68. The highest BCUT2D eigenvalue weighted by Gasteiger charge is 2.26. The predicted molar refractivity (Wildman–Crippen MR) is 54.4 cm³/mol. The van der Waals surface area contributed by atoms with Crippen LogP contribution >= 0.6 is 0 Å². The smallest absolute Gasteiger partial charge is 0.298 e. The molecule has 0 saturated carbocycles. The SMILES string of the molecule is O=C(C[N+](=O)[O-])N1CCc2ccccc21. The summed E-state index contributed by atoms with van der Waals surface area (Å²) in [6.45, 7) is -0.0830. The second-order valence-electron chi connectivity index (χ2n) is 3.41. The molecule has 0 atom stereocenters. The highest BCUT2D eigenvalue weighted by molar-refractivity contribution is 5.96. The van der Waals surface area contributed by atoms with Crippen molar-refractivity contribution in [2.24, 2.45) is 0 Å². The molecule has 1 aromatic carbocycles. The number of hydrogen-bond acceptors (Lipinski definition) is 3. The van der Waals surface area contributed by atoms with Gasteiger partial charge in [0, 0.05) is 17.2 Å². The zero-order chi connectivity index (χ0) is 10.8. The third-order valence-electron chi connectivity index (χ3n) is 2.45. The average Bonchev–Trinajstić information content (AvgIpc) is 2.59. The van der Waals surface area contributed by atoms with Gasteiger partial charge in [-0.15, -0.1) is 0 Å². The summed E-state index contributed by atoms with van der Waals surface area (Å²) in [7, 11) is 0. The number of fused-ring (bicyclic) bond motifs is 1. The summed E-state index contributed by atoms with van der Waals surface area (Å²) in [5, 5.41) is 10.2. The monoisotopic (exact) mass is 206 g/mol. The molecule has 0 N–H and O–H groups in total. The van der Waals surface area contributed by atoms with Gasteiger partial charge in [-0.25, -0.2) is 0 Å². The Bertz CT molecular complexity index is 417. The van der Waals surface area contributed by atoms with Crippen molar-refractivity contribution in [2.75, 3.05) is 18.0 Å². The number of carbonyl (C=O) groups excluding carboxylic acids is 1. The van der Waals surface area contributed by atoms with Crippen LogP contribution < -0.4 is 4.90 Å². The summed E-state index contributed by atoms with van der Waals surface area (Å²) < 4.78 is 0. The van der Waals surface area contributed by atoms with Gasteiger partial charge in [0.2, 0.25) is 0 Å². The molecule has 1 heterocycles. The molecule has 78 valence electrons. The van der Waals surface area contributed by atoms with Crippen LogP contribution in [-0.4, -0.2) is 23.9 Å². The van der Waals surface area contributed by atoms with Gasteiger partial charge in [-0.1, -0.05) is 18.2 Å². The standard InChI is InChI=1S/C10H10N2O3/c13-10(7-12(14)15)11-6-5-8-3-1-2-4-9(8)11/h1-4H,5-7H2. The fourth-order valence-electron chi connectivity index (χ4n) is 1.79. The number of nitro groups is 1. The van der Waals surface area contributed by atoms with Crippen molar-refractivity contribution in [3.8, 4) is 0 Å². The van der Waals surface area contributed by atoms with E-state index < -0.39 is 17.4 Å². The lowest BCUT2D eigenvalue weighted by Gasteiger charge is -2.14. The van der Waals surface area contributed by atoms with Gasteiger partial charge in [0.15, 0.2) is 0 Å². The van der Waals surface area contributed by atoms with Crippen LogP contribution in [0.3, 0.4) is 0 Å². The Morgan fingerprint density at radius 1 is 1.47 bits per heavy atom. The molecule has 1 aromatic rings. The summed E-state index contributed by atoms with van der Waals surface area (Å²) in [4.78, 5) is 22.6. The van der Waals surface area contributed by atoms with Crippen molar-refractivity contribution in [2.45, 2.75) is 6.42 Å². The maximum Gasteiger partial charge on any atom is 0.298 e. The number of carbonyl (C=O) groups is 1. The zero-order valence-electron chi connectivity index (χ0n) is 8.05. The molecule has 0 saturated heterocycles. The molecule has 0 spiro atoms. The number of benzene rings is 1. The van der Waals surface area contributed by atoms with E-state index in [-0.39, 0.29) is 0 Å². The van der Waals surface area contributed by atoms with Crippen LogP contribution in [0.4, 0.5) is 5.69 Å². The normalized spacial score (nSPS) is 13.7. The van der Waals surface area contributed by atoms with Gasteiger partial charge in [-0.3, -0.25) is 14.9 Å². The highest BCUT2D eigenvalue weighted by Crippen LogP contribution is 2.27. The number of hydrogen-bond donors (Lipinski definition) is 0. The zero-order valence-corrected chi connectivity index (χ0v) is 8.05. The third-order valence-corrected chi connectivity index (χ3v) is 2.45. The molecule has 0 fully saturated rings. The predicted octanol–water partition coefficient (Wildman–Crippen LogP) is 0.852. The maximum atomic E-state index is 11.5. The molecule has 1 amide bonds. The van der Waals surface area contributed by atoms with Crippen molar-refractivity contribution in [1.82, 2.24) is 0 Å². The van der Waals surface area contributed by atoms with E-state index in [1.165, 1.54) is 4.90 Å². The minimum Gasteiger partial charge on any atom is -0.306 e. The first kappa shape index (κ1) is 9.64. The largest absolute Gasteiger partial charge is 0.306 e. The Hall–Kier alpha value is -1.91. The van der Waals surface area contributed by atoms with Gasteiger partial charge in [0.25, 0.3) is 12.5 Å². The quantitative estimate of drug-likeness (QED) is 0.532. The Morgan fingerprint density at radius 2 is 2.20 bits per heavy atom. The van der Waals surface area contributed by atoms with Crippen molar-refractivity contribution in [3.05, 3.63) is 39.9 Å². The van der Waals surface area contributed by atoms with Crippen LogP contribution in [0.25, 0.3) is 0 Å². The van der Waals surface area contributed by atoms with E-state index in [1.807, 2.05) is 24.3 Å². The minimum atomic E-state index is -0.631. The molecule has 5 nitrogen and oxygen atoms in total. The summed E-state index contributed by atoms with van der Waals surface area (Å²) in [5.74, 6) is -0.440. The summed E-state index contributed by atoms with van der Waals surface area (Å²) in [6, 6.07) is 7.49. The Morgan fingerprint density at radius 3 is 2.93 bits per heavy atom. The highest BCUT2D eigenvalue weighted by atomic mass is 16.6. The van der Waals surface area contributed by atoms with Gasteiger partial charge in [-0.05, 0) is 18.1 Å². The molecule has 0 unspecified atom stereocenters. The minimum absolute atomic E-state index is 0.440. The van der Waals surface area contributed by atoms with Gasteiger partial charge in [0.05, 0.1) is 0 Å². The molecule has 2 rings (SSSR count). The average molecular weight is 206 g/mol. The van der Waals surface area contributed by atoms with Gasteiger partial charge < -0.3 is 4.90 Å². The summed E-state index contributed by atoms with van der Waals surface area (Å²) >= 11 is 0. The molecule has 0 bridgehead atoms. The van der Waals surface area contributed by atoms with E-state index in [0.29, 0.717) is 6.54 Å². The van der Waals surface area contributed by atoms with Gasteiger partial charge in [-0.2, -0.15) is 0 Å². The van der Waals surface area contributed by atoms with Gasteiger partial charge >= 0.3 is 0 Å². The van der Waals surface area contributed by atoms with Crippen molar-refractivity contribution >= 4 is 11.6 Å². The van der Waals surface area contributed by atoms with Crippen LogP contribution in [0.1, 0.15) is 5.56 Å². The molecule has 0 aromatic heterocycles. The summed E-state index contributed by atoms with van der Waals surface area (Å²) in [5.41, 5.74) is 1.89. The van der Waals surface area contributed by atoms with Crippen LogP contribution in [0.15, 0.2) is 24.3 Å². The number of para-hydroxylation sites is 1. The van der Waals surface area contributed by atoms with E-state index in [2.05, 4.69) is 0 Å². The molecule has 1 aliphatic heterocycles. The van der Waals surface area contributed by atoms with Crippen molar-refractivity contribution < 1.29 is 9.72 Å². The maximum absolute atomic E-state index is 11.5. The van der Waals surface area contributed by atoms with Crippen molar-refractivity contribution in [3.63, 3.8) is 0 Å². The molecule has 5 heteroatoms. The second kappa shape index (κ2) is 3.68. The molecular weight excluding hydrogens is 196 g/mol. The van der Waals surface area contributed by atoms with E-state index in [1.54, 1.807) is 0 Å². The first-order valence-electron chi connectivity index (χ1n) is 4.68. The fourth-order valence-corrected chi connectivity index (χ4v) is 1.79. The Balaban J connectivity index is 2.20. The number of nitrogens with zero attached hydrogens (tertiary/aromatic N) is 2. The Labute approximate surface area is 86.5 Å². The lowest BCUT2D eigenvalue weighted by molar-refractivity contribution is -0.467. The molecule has 0 aliphatic carbocycles. The van der Waals surface area contributed by atoms with Crippen LogP contribution in [0.5, 0.6) is 0 Å². The number of anilines is 1. The van der Waals surface area contributed by atoms with Crippen molar-refractivity contribution in [1.29, 1.82) is 0 Å². The van der Waals surface area contributed by atoms with E-state index in [9.17, 15) is 14.9 Å². The lowest BCUT2D eigenvalue weighted by Crippen LogP contribution is -2.34. The Kier molecular flexibility index (Phi) is 2.37. The van der Waals surface area contributed by atoms with E-state index >= 15 is 0 Å². The molecule has 1 aliphatic rings. The second-order valence-corrected chi connectivity index (χ2v) is 3.41. The molecular formula is C10H10N2O3. The van der Waals surface area contributed by atoms with E-state index in [4.69, 9.17) is 0 Å². The fraction of sp³-hybridized carbons (Fsp3) is 0.300. The summed E-state index contributed by atoms with van der Waals surface area (Å²) in [6.07, 6.45) is 0.777. The topological polar surface area (TPSA) is 63.4 Å². The lowest BCUT2D eigenvalue weighted by atomic mass is 10.2. The number of amides is 1. The molecule has 15 heavy (non-hydrogen) atoms. The number of rotatable bonds is 2. The van der Waals surface area contributed by atoms with Crippen LogP contribution in [-0.2, 0) is 11.2 Å². The molecule has 0 radical (unpaired) electrons. The van der Waals surface area contributed by atoms with Gasteiger partial charge in [0.1, 0.15) is 0 Å². The van der Waals surface area contributed by atoms with Crippen LogP contribution in [0, 0.1) is 10.1 Å². The van der Waals surface area contributed by atoms with E-state index in [0.717, 1.165) is 17.7 Å². The van der Waals surface area contributed by atoms with Crippen LogP contribution in [0.2, 0.25) is 0 Å². The first-order chi connectivity index (χ1) is 7.18.